The standard InChI is InChI=1S/C17H17Cl2NO3S/c1-23-14-5-2-4-12(10-14)16-6-3-9-20(16)24(21,22)17-11-13(18)7-8-15(17)19/h2,4-5,7-8,10-11,16H,3,6,9H2,1H3/t16-/m0/s1. The van der Waals surface area contributed by atoms with E-state index in [-0.39, 0.29) is 16.0 Å². The van der Waals surface area contributed by atoms with E-state index in [4.69, 9.17) is 27.9 Å². The van der Waals surface area contributed by atoms with Crippen LogP contribution in [0.5, 0.6) is 5.75 Å². The van der Waals surface area contributed by atoms with Crippen molar-refractivity contribution in [3.63, 3.8) is 0 Å². The molecule has 0 saturated carbocycles. The number of methoxy groups -OCH3 is 1. The minimum absolute atomic E-state index is 0.0477. The number of sulfonamides is 1. The molecule has 0 aliphatic carbocycles. The fourth-order valence-corrected chi connectivity index (χ4v) is 5.43. The first kappa shape index (κ1) is 17.5. The summed E-state index contributed by atoms with van der Waals surface area (Å²) in [4.78, 5) is 0.0477. The lowest BCUT2D eigenvalue weighted by atomic mass is 10.1. The molecule has 1 heterocycles. The highest BCUT2D eigenvalue weighted by Gasteiger charge is 2.37. The van der Waals surface area contributed by atoms with Crippen molar-refractivity contribution < 1.29 is 13.2 Å². The topological polar surface area (TPSA) is 46.6 Å². The predicted molar refractivity (Wildman–Crippen MR) is 95.3 cm³/mol. The van der Waals surface area contributed by atoms with E-state index < -0.39 is 10.0 Å². The largest absolute Gasteiger partial charge is 0.497 e. The molecule has 0 amide bonds. The molecule has 2 aromatic carbocycles. The molecule has 1 saturated heterocycles. The molecule has 1 atom stereocenters. The molecule has 1 fully saturated rings. The van der Waals surface area contributed by atoms with Crippen molar-refractivity contribution >= 4 is 33.2 Å². The number of halogens is 2. The molecular weight excluding hydrogens is 369 g/mol. The smallest absolute Gasteiger partial charge is 0.245 e. The van der Waals surface area contributed by atoms with Crippen LogP contribution in [-0.2, 0) is 10.0 Å². The van der Waals surface area contributed by atoms with Crippen LogP contribution in [-0.4, -0.2) is 26.4 Å². The van der Waals surface area contributed by atoms with Crippen LogP contribution in [0.2, 0.25) is 10.0 Å². The van der Waals surface area contributed by atoms with Crippen LogP contribution in [0.1, 0.15) is 24.4 Å². The van der Waals surface area contributed by atoms with Crippen molar-refractivity contribution in [1.82, 2.24) is 4.31 Å². The number of nitrogens with zero attached hydrogens (tertiary/aromatic N) is 1. The highest BCUT2D eigenvalue weighted by molar-refractivity contribution is 7.89. The number of hydrogen-bond donors (Lipinski definition) is 0. The third kappa shape index (κ3) is 3.26. The molecule has 128 valence electrons. The fraction of sp³-hybridized carbons (Fsp3) is 0.294. The first-order valence-corrected chi connectivity index (χ1v) is 9.74. The second kappa shape index (κ2) is 6.92. The van der Waals surface area contributed by atoms with Gasteiger partial charge in [0.1, 0.15) is 10.6 Å². The SMILES string of the molecule is COc1cccc([C@@H]2CCCN2S(=O)(=O)c2cc(Cl)ccc2Cl)c1. The van der Waals surface area contributed by atoms with E-state index in [1.807, 2.05) is 24.3 Å². The predicted octanol–water partition coefficient (Wildman–Crippen LogP) is 4.53. The van der Waals surface area contributed by atoms with Gasteiger partial charge in [-0.05, 0) is 48.7 Å². The van der Waals surface area contributed by atoms with Crippen LogP contribution >= 0.6 is 23.2 Å². The van der Waals surface area contributed by atoms with Crippen molar-refractivity contribution in [2.45, 2.75) is 23.8 Å². The van der Waals surface area contributed by atoms with E-state index in [2.05, 4.69) is 0 Å². The van der Waals surface area contributed by atoms with Gasteiger partial charge >= 0.3 is 0 Å². The van der Waals surface area contributed by atoms with Crippen LogP contribution < -0.4 is 4.74 Å². The summed E-state index contributed by atoms with van der Waals surface area (Å²) in [5.74, 6) is 0.706. The van der Waals surface area contributed by atoms with Gasteiger partial charge < -0.3 is 4.74 Å². The van der Waals surface area contributed by atoms with Crippen LogP contribution in [0.15, 0.2) is 47.4 Å². The zero-order chi connectivity index (χ0) is 17.3. The molecule has 0 bridgehead atoms. The molecule has 0 N–H and O–H groups in total. The number of hydrogen-bond acceptors (Lipinski definition) is 3. The van der Waals surface area contributed by atoms with Crippen molar-refractivity contribution in [3.05, 3.63) is 58.1 Å². The van der Waals surface area contributed by atoms with Crippen molar-refractivity contribution in [3.8, 4) is 5.75 Å². The summed E-state index contributed by atoms with van der Waals surface area (Å²) in [6, 6.07) is 11.7. The van der Waals surface area contributed by atoms with Gasteiger partial charge in [0.05, 0.1) is 18.2 Å². The van der Waals surface area contributed by atoms with Gasteiger partial charge in [-0.1, -0.05) is 35.3 Å². The molecule has 1 aliphatic rings. The van der Waals surface area contributed by atoms with Gasteiger partial charge in [-0.2, -0.15) is 4.31 Å². The second-order valence-corrected chi connectivity index (χ2v) is 8.33. The first-order chi connectivity index (χ1) is 11.4. The third-order valence-corrected chi connectivity index (χ3v) is 6.79. The monoisotopic (exact) mass is 385 g/mol. The van der Waals surface area contributed by atoms with Gasteiger partial charge in [0, 0.05) is 11.6 Å². The average Bonchev–Trinajstić information content (AvgIpc) is 3.07. The molecule has 0 aromatic heterocycles. The van der Waals surface area contributed by atoms with E-state index in [9.17, 15) is 8.42 Å². The van der Waals surface area contributed by atoms with Gasteiger partial charge in [0.25, 0.3) is 0 Å². The molecule has 1 aliphatic heterocycles. The average molecular weight is 386 g/mol. The molecule has 4 nitrogen and oxygen atoms in total. The Morgan fingerprint density at radius 2 is 1.96 bits per heavy atom. The van der Waals surface area contributed by atoms with Crippen molar-refractivity contribution in [2.75, 3.05) is 13.7 Å². The Kier molecular flexibility index (Phi) is 5.06. The lowest BCUT2D eigenvalue weighted by Gasteiger charge is -2.25. The molecular formula is C17H17Cl2NO3S. The van der Waals surface area contributed by atoms with E-state index in [1.165, 1.54) is 16.4 Å². The summed E-state index contributed by atoms with van der Waals surface area (Å²) < 4.78 is 32.9. The molecule has 7 heteroatoms. The maximum absolute atomic E-state index is 13.1. The van der Waals surface area contributed by atoms with Gasteiger partial charge in [0.15, 0.2) is 0 Å². The van der Waals surface area contributed by atoms with E-state index in [1.54, 1.807) is 13.2 Å². The molecule has 0 spiro atoms. The molecule has 2 aromatic rings. The minimum Gasteiger partial charge on any atom is -0.497 e. The molecule has 24 heavy (non-hydrogen) atoms. The maximum atomic E-state index is 13.1. The molecule has 3 rings (SSSR count). The van der Waals surface area contributed by atoms with Crippen molar-refractivity contribution in [2.24, 2.45) is 0 Å². The van der Waals surface area contributed by atoms with E-state index >= 15 is 0 Å². The lowest BCUT2D eigenvalue weighted by molar-refractivity contribution is 0.390. The summed E-state index contributed by atoms with van der Waals surface area (Å²) in [6.07, 6.45) is 1.55. The summed E-state index contributed by atoms with van der Waals surface area (Å²) in [5.41, 5.74) is 0.911. The van der Waals surface area contributed by atoms with E-state index in [0.29, 0.717) is 17.3 Å². The van der Waals surface area contributed by atoms with Crippen LogP contribution in [0.25, 0.3) is 0 Å². The van der Waals surface area contributed by atoms with E-state index in [0.717, 1.165) is 18.4 Å². The minimum atomic E-state index is -3.73. The van der Waals surface area contributed by atoms with Crippen molar-refractivity contribution in [1.29, 1.82) is 0 Å². The summed E-state index contributed by atoms with van der Waals surface area (Å²) >= 11 is 12.1. The Morgan fingerprint density at radius 1 is 1.17 bits per heavy atom. The quantitative estimate of drug-likeness (QED) is 0.776. The highest BCUT2D eigenvalue weighted by Crippen LogP contribution is 2.39. The van der Waals surface area contributed by atoms with Gasteiger partial charge in [-0.3, -0.25) is 0 Å². The maximum Gasteiger partial charge on any atom is 0.245 e. The zero-order valence-corrected chi connectivity index (χ0v) is 15.4. The summed E-state index contributed by atoms with van der Waals surface area (Å²) in [5, 5.41) is 0.519. The Hall–Kier alpha value is -1.27. The third-order valence-electron chi connectivity index (χ3n) is 4.16. The first-order valence-electron chi connectivity index (χ1n) is 7.54. The van der Waals surface area contributed by atoms with Crippen LogP contribution in [0, 0.1) is 0 Å². The Bertz CT molecular complexity index is 855. The fourth-order valence-electron chi connectivity index (χ4n) is 3.01. The Labute approximate surface area is 152 Å². The van der Waals surface area contributed by atoms with Gasteiger partial charge in [-0.25, -0.2) is 8.42 Å². The van der Waals surface area contributed by atoms with Crippen LogP contribution in [0.3, 0.4) is 0 Å². The lowest BCUT2D eigenvalue weighted by Crippen LogP contribution is -2.31. The Morgan fingerprint density at radius 3 is 2.71 bits per heavy atom. The Balaban J connectivity index is 2.01. The number of ether oxygens (including phenoxy) is 1. The normalized spacial score (nSPS) is 18.7. The number of benzene rings is 2. The molecule has 0 radical (unpaired) electrons. The highest BCUT2D eigenvalue weighted by atomic mass is 35.5. The zero-order valence-electron chi connectivity index (χ0n) is 13.1. The summed E-state index contributed by atoms with van der Waals surface area (Å²) in [7, 11) is -2.14. The summed E-state index contributed by atoms with van der Waals surface area (Å²) in [6.45, 7) is 0.451. The van der Waals surface area contributed by atoms with Gasteiger partial charge in [0.2, 0.25) is 10.0 Å². The van der Waals surface area contributed by atoms with Crippen LogP contribution in [0.4, 0.5) is 0 Å². The number of rotatable bonds is 4. The second-order valence-electron chi connectivity index (χ2n) is 5.63. The van der Waals surface area contributed by atoms with Gasteiger partial charge in [-0.15, -0.1) is 0 Å². The molecule has 0 unspecified atom stereocenters.